The van der Waals surface area contributed by atoms with E-state index >= 15 is 0 Å². The number of hydrogen-bond acceptors (Lipinski definition) is 7. The van der Waals surface area contributed by atoms with Crippen LogP contribution < -0.4 is 4.90 Å². The van der Waals surface area contributed by atoms with Crippen LogP contribution in [-0.4, -0.2) is 91.5 Å². The van der Waals surface area contributed by atoms with Gasteiger partial charge in [-0.3, -0.25) is 4.79 Å². The first kappa shape index (κ1) is 22.3. The molecule has 0 aromatic carbocycles. The van der Waals surface area contributed by atoms with Gasteiger partial charge in [-0.2, -0.15) is 4.31 Å². The molecule has 1 amide bonds. The first-order valence-corrected chi connectivity index (χ1v) is 12.3. The van der Waals surface area contributed by atoms with Crippen LogP contribution >= 0.6 is 11.8 Å². The van der Waals surface area contributed by atoms with Crippen molar-refractivity contribution in [1.29, 1.82) is 0 Å². The number of carbonyl (C=O) groups is 1. The van der Waals surface area contributed by atoms with Gasteiger partial charge < -0.3 is 14.5 Å². The van der Waals surface area contributed by atoms with Crippen LogP contribution in [0.2, 0.25) is 0 Å². The minimum Gasteiger partial charge on any atom is -0.379 e. The van der Waals surface area contributed by atoms with E-state index in [2.05, 4.69) is 30.7 Å². The Morgan fingerprint density at radius 1 is 1.10 bits per heavy atom. The number of piperazine rings is 1. The Hall–Kier alpha value is -1.36. The third kappa shape index (κ3) is 5.84. The highest BCUT2D eigenvalue weighted by Crippen LogP contribution is 2.24. The molecule has 0 atom stereocenters. The summed E-state index contributed by atoms with van der Waals surface area (Å²) in [6.07, 6.45) is 1.43. The van der Waals surface area contributed by atoms with Crippen molar-refractivity contribution < 1.29 is 17.9 Å². The summed E-state index contributed by atoms with van der Waals surface area (Å²) in [7, 11) is -3.53. The minimum atomic E-state index is -3.53. The number of carbonyl (C=O) groups excluding carboxylic acids is 1. The molecule has 162 valence electrons. The van der Waals surface area contributed by atoms with E-state index < -0.39 is 10.0 Å². The van der Waals surface area contributed by atoms with Gasteiger partial charge >= 0.3 is 0 Å². The number of morpholine rings is 1. The molecule has 3 heterocycles. The zero-order chi connectivity index (χ0) is 21.1. The topological polar surface area (TPSA) is 83.1 Å². The van der Waals surface area contributed by atoms with Crippen molar-refractivity contribution in [3.63, 3.8) is 0 Å². The van der Waals surface area contributed by atoms with Crippen LogP contribution in [0.25, 0.3) is 0 Å². The van der Waals surface area contributed by atoms with E-state index in [0.29, 0.717) is 58.2 Å². The molecule has 0 bridgehead atoms. The Balaban J connectivity index is 1.56. The summed E-state index contributed by atoms with van der Waals surface area (Å²) in [5.74, 6) is 1.40. The summed E-state index contributed by atoms with van der Waals surface area (Å²) in [6.45, 7) is 10.6. The van der Waals surface area contributed by atoms with Gasteiger partial charge in [-0.25, -0.2) is 13.4 Å². The second-order valence-corrected chi connectivity index (χ2v) is 11.9. The van der Waals surface area contributed by atoms with Gasteiger partial charge in [-0.05, 0) is 12.1 Å². The smallest absolute Gasteiger partial charge is 0.244 e. The van der Waals surface area contributed by atoms with Crippen molar-refractivity contribution in [2.24, 2.45) is 0 Å². The number of ether oxygens (including phenoxy) is 1. The molecule has 8 nitrogen and oxygen atoms in total. The molecular weight excluding hydrogens is 412 g/mol. The molecule has 2 aliphatic heterocycles. The quantitative estimate of drug-likeness (QED) is 0.679. The lowest BCUT2D eigenvalue weighted by Gasteiger charge is -2.35. The summed E-state index contributed by atoms with van der Waals surface area (Å²) in [5, 5.41) is 0. The summed E-state index contributed by atoms with van der Waals surface area (Å²) < 4.78 is 32.1. The number of hydrogen-bond donors (Lipinski definition) is 0. The van der Waals surface area contributed by atoms with Crippen LogP contribution in [0.4, 0.5) is 5.82 Å². The van der Waals surface area contributed by atoms with Gasteiger partial charge in [0.05, 0.1) is 19.0 Å². The van der Waals surface area contributed by atoms with E-state index in [4.69, 9.17) is 4.74 Å². The predicted octanol–water partition coefficient (Wildman–Crippen LogP) is 1.28. The Labute approximate surface area is 177 Å². The second kappa shape index (κ2) is 9.20. The van der Waals surface area contributed by atoms with Gasteiger partial charge in [0.15, 0.2) is 0 Å². The molecule has 2 aliphatic rings. The Morgan fingerprint density at radius 2 is 1.76 bits per heavy atom. The SMILES string of the molecule is CC(C)(C)SCC(=O)N1CCN(c2ccc(S(=O)(=O)N3CCOCC3)cn2)CC1. The number of pyridine rings is 1. The molecule has 0 unspecified atom stereocenters. The maximum Gasteiger partial charge on any atom is 0.244 e. The highest BCUT2D eigenvalue weighted by molar-refractivity contribution is 8.01. The largest absolute Gasteiger partial charge is 0.379 e. The molecule has 1 aromatic rings. The Kier molecular flexibility index (Phi) is 7.08. The molecule has 1 aromatic heterocycles. The van der Waals surface area contributed by atoms with E-state index in [1.54, 1.807) is 23.9 Å². The maximum atomic E-state index is 12.7. The van der Waals surface area contributed by atoms with Crippen molar-refractivity contribution >= 4 is 33.5 Å². The number of rotatable bonds is 5. The molecule has 0 saturated carbocycles. The van der Waals surface area contributed by atoms with E-state index in [1.165, 1.54) is 10.5 Å². The number of anilines is 1. The van der Waals surface area contributed by atoms with Crippen LogP contribution in [0, 0.1) is 0 Å². The summed E-state index contributed by atoms with van der Waals surface area (Å²) in [4.78, 5) is 21.0. The van der Waals surface area contributed by atoms with E-state index in [9.17, 15) is 13.2 Å². The second-order valence-electron chi connectivity index (χ2n) is 8.14. The van der Waals surface area contributed by atoms with Gasteiger partial charge in [-0.1, -0.05) is 20.8 Å². The molecule has 0 aliphatic carbocycles. The van der Waals surface area contributed by atoms with Crippen molar-refractivity contribution in [3.8, 4) is 0 Å². The maximum absolute atomic E-state index is 12.7. The van der Waals surface area contributed by atoms with Crippen molar-refractivity contribution in [2.75, 3.05) is 63.1 Å². The van der Waals surface area contributed by atoms with E-state index in [1.807, 2.05) is 4.90 Å². The number of thioether (sulfide) groups is 1. The fraction of sp³-hybridized carbons (Fsp3) is 0.684. The van der Waals surface area contributed by atoms with Crippen LogP contribution in [0.1, 0.15) is 20.8 Å². The van der Waals surface area contributed by atoms with Gasteiger partial charge in [0.25, 0.3) is 0 Å². The number of nitrogens with zero attached hydrogens (tertiary/aromatic N) is 4. The van der Waals surface area contributed by atoms with Gasteiger partial charge in [0.1, 0.15) is 10.7 Å². The van der Waals surface area contributed by atoms with Crippen LogP contribution in [-0.2, 0) is 19.6 Å². The molecule has 0 spiro atoms. The van der Waals surface area contributed by atoms with Crippen LogP contribution in [0.5, 0.6) is 0 Å². The zero-order valence-electron chi connectivity index (χ0n) is 17.3. The molecule has 10 heteroatoms. The molecule has 0 N–H and O–H groups in total. The molecule has 0 radical (unpaired) electrons. The number of amides is 1. The lowest BCUT2D eigenvalue weighted by Crippen LogP contribution is -2.49. The molecule has 3 rings (SSSR count). The Morgan fingerprint density at radius 3 is 2.31 bits per heavy atom. The summed E-state index contributed by atoms with van der Waals surface area (Å²) in [6, 6.07) is 3.37. The summed E-state index contributed by atoms with van der Waals surface area (Å²) in [5.41, 5.74) is 0. The highest BCUT2D eigenvalue weighted by Gasteiger charge is 2.27. The van der Waals surface area contributed by atoms with Crippen LogP contribution in [0.15, 0.2) is 23.2 Å². The average molecular weight is 443 g/mol. The lowest BCUT2D eigenvalue weighted by molar-refractivity contribution is -0.128. The van der Waals surface area contributed by atoms with Gasteiger partial charge in [-0.15, -0.1) is 11.8 Å². The van der Waals surface area contributed by atoms with Crippen molar-refractivity contribution in [1.82, 2.24) is 14.2 Å². The minimum absolute atomic E-state index is 0.0741. The summed E-state index contributed by atoms with van der Waals surface area (Å²) >= 11 is 1.66. The number of sulfonamides is 1. The van der Waals surface area contributed by atoms with Crippen molar-refractivity contribution in [2.45, 2.75) is 30.4 Å². The number of aromatic nitrogens is 1. The molecule has 2 saturated heterocycles. The zero-order valence-corrected chi connectivity index (χ0v) is 19.0. The highest BCUT2D eigenvalue weighted by atomic mass is 32.2. The Bertz CT molecular complexity index is 794. The molecule has 2 fully saturated rings. The fourth-order valence-electron chi connectivity index (χ4n) is 3.20. The van der Waals surface area contributed by atoms with E-state index in [0.717, 1.165) is 5.82 Å². The van der Waals surface area contributed by atoms with Crippen LogP contribution in [0.3, 0.4) is 0 Å². The standard InChI is InChI=1S/C19H30N4O4S2/c1-19(2,3)28-15-18(24)22-8-6-21(7-9-22)17-5-4-16(14-20-17)29(25,26)23-10-12-27-13-11-23/h4-5,14H,6-13,15H2,1-3H3. The van der Waals surface area contributed by atoms with Gasteiger partial charge in [0.2, 0.25) is 15.9 Å². The fourth-order valence-corrected chi connectivity index (χ4v) is 5.30. The molecule has 29 heavy (non-hydrogen) atoms. The van der Waals surface area contributed by atoms with Gasteiger partial charge in [0, 0.05) is 50.2 Å². The lowest BCUT2D eigenvalue weighted by atomic mass is 10.3. The third-order valence-corrected chi connectivity index (χ3v) is 8.05. The monoisotopic (exact) mass is 442 g/mol. The first-order chi connectivity index (χ1) is 13.7. The normalized spacial score (nSPS) is 19.4. The first-order valence-electron chi connectivity index (χ1n) is 9.87. The van der Waals surface area contributed by atoms with Crippen molar-refractivity contribution in [3.05, 3.63) is 18.3 Å². The van der Waals surface area contributed by atoms with E-state index in [-0.39, 0.29) is 15.5 Å². The third-order valence-electron chi connectivity index (χ3n) is 4.91. The predicted molar refractivity (Wildman–Crippen MR) is 115 cm³/mol. The average Bonchev–Trinajstić information content (AvgIpc) is 2.72. The molecular formula is C19H30N4O4S2.